The lowest BCUT2D eigenvalue weighted by Crippen LogP contribution is -2.24. The highest BCUT2D eigenvalue weighted by atomic mass is 79.9. The fraction of sp³-hybridized carbons (Fsp3) is 0.278. The second-order valence-corrected chi connectivity index (χ2v) is 8.73. The van der Waals surface area contributed by atoms with Gasteiger partial charge in [0.15, 0.2) is 0 Å². The average Bonchev–Trinajstić information content (AvgIpc) is 2.99. The standard InChI is InChI=1S/C18H18BrN3OS2/c1-3-12-14(10-5-7-11(19)8-6-10)15-17(24-12)21-9-22-18(15)25-13(4-2)16(20)23/h5-9,13H,3-4H2,1-2H3,(H2,20,23). The van der Waals surface area contributed by atoms with Crippen molar-refractivity contribution in [3.8, 4) is 11.1 Å². The van der Waals surface area contributed by atoms with Gasteiger partial charge in [-0.25, -0.2) is 9.97 Å². The minimum absolute atomic E-state index is 0.291. The molecule has 0 aliphatic heterocycles. The Labute approximate surface area is 163 Å². The van der Waals surface area contributed by atoms with Crippen LogP contribution in [0.1, 0.15) is 25.1 Å². The number of nitrogens with zero attached hydrogens (tertiary/aromatic N) is 2. The van der Waals surface area contributed by atoms with E-state index in [0.29, 0.717) is 6.42 Å². The van der Waals surface area contributed by atoms with Gasteiger partial charge in [0.2, 0.25) is 5.91 Å². The van der Waals surface area contributed by atoms with Crippen molar-refractivity contribution in [2.45, 2.75) is 37.0 Å². The van der Waals surface area contributed by atoms with E-state index in [1.807, 2.05) is 19.1 Å². The first-order chi connectivity index (χ1) is 12.0. The predicted molar refractivity (Wildman–Crippen MR) is 109 cm³/mol. The monoisotopic (exact) mass is 435 g/mol. The molecule has 3 aromatic rings. The molecule has 0 aliphatic carbocycles. The lowest BCUT2D eigenvalue weighted by Gasteiger charge is -2.11. The fourth-order valence-corrected chi connectivity index (χ4v) is 5.10. The zero-order chi connectivity index (χ0) is 18.0. The van der Waals surface area contributed by atoms with Gasteiger partial charge < -0.3 is 5.73 Å². The summed E-state index contributed by atoms with van der Waals surface area (Å²) < 4.78 is 1.04. The van der Waals surface area contributed by atoms with Gasteiger partial charge in [-0.15, -0.1) is 11.3 Å². The van der Waals surface area contributed by atoms with E-state index < -0.39 is 0 Å². The molecule has 1 atom stereocenters. The quantitative estimate of drug-likeness (QED) is 0.434. The molecule has 4 nitrogen and oxygen atoms in total. The maximum atomic E-state index is 11.7. The molecule has 1 aromatic carbocycles. The number of primary amides is 1. The molecule has 0 saturated carbocycles. The van der Waals surface area contributed by atoms with Gasteiger partial charge in [0.05, 0.1) is 10.6 Å². The number of fused-ring (bicyclic) bond motifs is 1. The molecule has 0 spiro atoms. The van der Waals surface area contributed by atoms with Crippen molar-refractivity contribution >= 4 is 55.2 Å². The number of aryl methyl sites for hydroxylation is 1. The molecular weight excluding hydrogens is 418 g/mol. The first-order valence-corrected chi connectivity index (χ1v) is 10.5. The molecule has 2 aromatic heterocycles. The van der Waals surface area contributed by atoms with Gasteiger partial charge in [0, 0.05) is 14.9 Å². The lowest BCUT2D eigenvalue weighted by atomic mass is 10.0. The molecule has 3 rings (SSSR count). The molecule has 0 fully saturated rings. The van der Waals surface area contributed by atoms with Crippen LogP contribution in [0.15, 0.2) is 40.1 Å². The Morgan fingerprint density at radius 3 is 2.60 bits per heavy atom. The molecule has 2 heterocycles. The first-order valence-electron chi connectivity index (χ1n) is 8.03. The van der Waals surface area contributed by atoms with Crippen LogP contribution >= 0.6 is 39.0 Å². The minimum atomic E-state index is -0.310. The van der Waals surface area contributed by atoms with Crippen LogP contribution in [0.2, 0.25) is 0 Å². The van der Waals surface area contributed by atoms with E-state index >= 15 is 0 Å². The molecular formula is C18H18BrN3OS2. The number of rotatable bonds is 6. The van der Waals surface area contributed by atoms with Gasteiger partial charge in [-0.1, -0.05) is 53.7 Å². The van der Waals surface area contributed by atoms with Crippen molar-refractivity contribution in [2.24, 2.45) is 5.73 Å². The number of amides is 1. The van der Waals surface area contributed by atoms with E-state index in [1.54, 1.807) is 17.7 Å². The highest BCUT2D eigenvalue weighted by molar-refractivity contribution is 9.10. The number of aromatic nitrogens is 2. The summed E-state index contributed by atoms with van der Waals surface area (Å²) in [6, 6.07) is 8.26. The van der Waals surface area contributed by atoms with Crippen LogP contribution in [0.5, 0.6) is 0 Å². The van der Waals surface area contributed by atoms with E-state index in [-0.39, 0.29) is 11.2 Å². The van der Waals surface area contributed by atoms with Crippen molar-refractivity contribution in [3.05, 3.63) is 39.9 Å². The molecule has 0 radical (unpaired) electrons. The molecule has 2 N–H and O–H groups in total. The summed E-state index contributed by atoms with van der Waals surface area (Å²) in [7, 11) is 0. The summed E-state index contributed by atoms with van der Waals surface area (Å²) in [5.41, 5.74) is 7.83. The molecule has 0 bridgehead atoms. The number of carbonyl (C=O) groups is 1. The van der Waals surface area contributed by atoms with Gasteiger partial charge in [-0.2, -0.15) is 0 Å². The van der Waals surface area contributed by atoms with Crippen LogP contribution in [0.4, 0.5) is 0 Å². The maximum Gasteiger partial charge on any atom is 0.230 e. The largest absolute Gasteiger partial charge is 0.369 e. The van der Waals surface area contributed by atoms with E-state index in [2.05, 4.69) is 45.0 Å². The molecule has 0 saturated heterocycles. The van der Waals surface area contributed by atoms with Gasteiger partial charge in [-0.3, -0.25) is 4.79 Å². The predicted octanol–water partition coefficient (Wildman–Crippen LogP) is 5.04. The van der Waals surface area contributed by atoms with Crippen LogP contribution in [0, 0.1) is 0 Å². The fourth-order valence-electron chi connectivity index (χ4n) is 2.69. The van der Waals surface area contributed by atoms with Crippen molar-refractivity contribution < 1.29 is 4.79 Å². The molecule has 1 unspecified atom stereocenters. The third kappa shape index (κ3) is 3.73. The highest BCUT2D eigenvalue weighted by Gasteiger charge is 2.22. The van der Waals surface area contributed by atoms with Crippen LogP contribution < -0.4 is 5.73 Å². The Kier molecular flexibility index (Phi) is 5.76. The van der Waals surface area contributed by atoms with Gasteiger partial charge in [0.25, 0.3) is 0 Å². The molecule has 1 amide bonds. The van der Waals surface area contributed by atoms with Crippen molar-refractivity contribution in [1.29, 1.82) is 0 Å². The molecule has 25 heavy (non-hydrogen) atoms. The number of benzene rings is 1. The third-order valence-electron chi connectivity index (χ3n) is 3.92. The summed E-state index contributed by atoms with van der Waals surface area (Å²) in [5.74, 6) is -0.310. The summed E-state index contributed by atoms with van der Waals surface area (Å²) in [6.07, 6.45) is 3.16. The first kappa shape index (κ1) is 18.4. The Hall–Kier alpha value is -1.44. The number of thiophene rings is 1. The zero-order valence-electron chi connectivity index (χ0n) is 14.0. The second kappa shape index (κ2) is 7.85. The summed E-state index contributed by atoms with van der Waals surface area (Å²) >= 11 is 6.61. The van der Waals surface area contributed by atoms with Gasteiger partial charge >= 0.3 is 0 Å². The Morgan fingerprint density at radius 2 is 2.00 bits per heavy atom. The van der Waals surface area contributed by atoms with Crippen LogP contribution in [-0.2, 0) is 11.2 Å². The lowest BCUT2D eigenvalue weighted by molar-refractivity contribution is -0.117. The minimum Gasteiger partial charge on any atom is -0.369 e. The van der Waals surface area contributed by atoms with Crippen LogP contribution in [-0.4, -0.2) is 21.1 Å². The summed E-state index contributed by atoms with van der Waals surface area (Å²) in [4.78, 5) is 22.8. The van der Waals surface area contributed by atoms with Crippen LogP contribution in [0.25, 0.3) is 21.3 Å². The van der Waals surface area contributed by atoms with E-state index in [4.69, 9.17) is 5.73 Å². The number of halogens is 1. The SMILES string of the molecule is CCc1sc2ncnc(SC(CC)C(N)=O)c2c1-c1ccc(Br)cc1. The zero-order valence-corrected chi connectivity index (χ0v) is 17.2. The number of carbonyl (C=O) groups excluding carboxylic acids is 1. The van der Waals surface area contributed by atoms with E-state index in [1.165, 1.54) is 16.6 Å². The van der Waals surface area contributed by atoms with E-state index in [9.17, 15) is 4.79 Å². The normalized spacial score (nSPS) is 12.4. The maximum absolute atomic E-state index is 11.7. The number of hydrogen-bond donors (Lipinski definition) is 1. The average molecular weight is 436 g/mol. The Morgan fingerprint density at radius 1 is 1.28 bits per heavy atom. The third-order valence-corrected chi connectivity index (χ3v) is 7.08. The Balaban J connectivity index is 2.21. The summed E-state index contributed by atoms with van der Waals surface area (Å²) in [5, 5.41) is 1.56. The Bertz CT molecular complexity index is 909. The number of hydrogen-bond acceptors (Lipinski definition) is 5. The van der Waals surface area contributed by atoms with Gasteiger partial charge in [-0.05, 0) is 30.5 Å². The molecule has 0 aliphatic rings. The molecule has 130 valence electrons. The number of nitrogens with two attached hydrogens (primary N) is 1. The van der Waals surface area contributed by atoms with E-state index in [0.717, 1.165) is 37.3 Å². The van der Waals surface area contributed by atoms with Gasteiger partial charge in [0.1, 0.15) is 16.2 Å². The topological polar surface area (TPSA) is 68.9 Å². The second-order valence-electron chi connectivity index (χ2n) is 5.54. The number of thioether (sulfide) groups is 1. The highest BCUT2D eigenvalue weighted by Crippen LogP contribution is 2.43. The van der Waals surface area contributed by atoms with Crippen molar-refractivity contribution in [2.75, 3.05) is 0 Å². The molecule has 7 heteroatoms. The smallest absolute Gasteiger partial charge is 0.230 e. The van der Waals surface area contributed by atoms with Crippen LogP contribution in [0.3, 0.4) is 0 Å². The summed E-state index contributed by atoms with van der Waals surface area (Å²) in [6.45, 7) is 4.10. The van der Waals surface area contributed by atoms with Crippen molar-refractivity contribution in [3.63, 3.8) is 0 Å². The van der Waals surface area contributed by atoms with Crippen molar-refractivity contribution in [1.82, 2.24) is 9.97 Å².